The molecule has 0 aromatic heterocycles. The van der Waals surface area contributed by atoms with Gasteiger partial charge < -0.3 is 10.1 Å². The summed E-state index contributed by atoms with van der Waals surface area (Å²) < 4.78 is 31.1. The summed E-state index contributed by atoms with van der Waals surface area (Å²) in [5.41, 5.74) is 0. The summed E-state index contributed by atoms with van der Waals surface area (Å²) in [5.74, 6) is 0.673. The molecule has 0 radical (unpaired) electrons. The van der Waals surface area contributed by atoms with Gasteiger partial charge in [0.15, 0.2) is 0 Å². The summed E-state index contributed by atoms with van der Waals surface area (Å²) in [7, 11) is -1.64. The van der Waals surface area contributed by atoms with Crippen LogP contribution < -0.4 is 5.32 Å². The maximum Gasteiger partial charge on any atom is 0.216 e. The number of methoxy groups -OCH3 is 1. The summed E-state index contributed by atoms with van der Waals surface area (Å²) in [6, 6.07) is 0.106. The van der Waals surface area contributed by atoms with E-state index in [1.165, 1.54) is 7.11 Å². The third-order valence-corrected chi connectivity index (χ3v) is 5.29. The Kier molecular flexibility index (Phi) is 7.28. The number of nitrogens with zero attached hydrogens (tertiary/aromatic N) is 1. The second-order valence-corrected chi connectivity index (χ2v) is 7.66. The van der Waals surface area contributed by atoms with Crippen LogP contribution in [0.5, 0.6) is 0 Å². The highest BCUT2D eigenvalue weighted by Gasteiger charge is 2.31. The van der Waals surface area contributed by atoms with Crippen molar-refractivity contribution in [2.75, 3.05) is 39.1 Å². The first kappa shape index (κ1) is 16.9. The molecule has 0 spiro atoms. The Morgan fingerprint density at radius 3 is 2.74 bits per heavy atom. The summed E-state index contributed by atoms with van der Waals surface area (Å²) in [5, 5.41) is 3.38. The average molecular weight is 292 g/mol. The first-order valence-corrected chi connectivity index (χ1v) is 8.77. The summed E-state index contributed by atoms with van der Waals surface area (Å²) >= 11 is 0. The molecule has 1 atom stereocenters. The van der Waals surface area contributed by atoms with Gasteiger partial charge in [0, 0.05) is 26.2 Å². The Hall–Kier alpha value is -0.170. The zero-order valence-corrected chi connectivity index (χ0v) is 13.2. The zero-order valence-electron chi connectivity index (χ0n) is 12.4. The van der Waals surface area contributed by atoms with E-state index < -0.39 is 10.0 Å². The monoisotopic (exact) mass is 292 g/mol. The highest BCUT2D eigenvalue weighted by atomic mass is 32.2. The third-order valence-electron chi connectivity index (χ3n) is 3.41. The lowest BCUT2D eigenvalue weighted by Crippen LogP contribution is -2.49. The van der Waals surface area contributed by atoms with Gasteiger partial charge in [0.05, 0.1) is 12.4 Å². The van der Waals surface area contributed by atoms with E-state index in [1.807, 2.05) is 0 Å². The molecule has 5 nitrogen and oxygen atoms in total. The fourth-order valence-corrected chi connectivity index (χ4v) is 4.04. The molecule has 19 heavy (non-hydrogen) atoms. The predicted octanol–water partition coefficient (Wildman–Crippen LogP) is 1.06. The van der Waals surface area contributed by atoms with Crippen molar-refractivity contribution in [2.45, 2.75) is 39.2 Å². The lowest BCUT2D eigenvalue weighted by molar-refractivity contribution is 0.209. The molecule has 0 bridgehead atoms. The molecule has 1 aliphatic rings. The van der Waals surface area contributed by atoms with Crippen molar-refractivity contribution in [1.82, 2.24) is 9.62 Å². The van der Waals surface area contributed by atoms with Crippen LogP contribution in [0.1, 0.15) is 33.1 Å². The number of rotatable bonds is 8. The Bertz CT molecular complexity index is 344. The molecule has 1 saturated heterocycles. The molecule has 1 N–H and O–H groups in total. The van der Waals surface area contributed by atoms with E-state index in [9.17, 15) is 8.42 Å². The first-order valence-electron chi connectivity index (χ1n) is 7.16. The molecule has 0 aromatic rings. The molecule has 114 valence electrons. The van der Waals surface area contributed by atoms with Crippen LogP contribution in [-0.2, 0) is 14.8 Å². The second-order valence-electron chi connectivity index (χ2n) is 5.62. The minimum absolute atomic E-state index is 0.0875. The van der Waals surface area contributed by atoms with Gasteiger partial charge in [-0.15, -0.1) is 0 Å². The normalized spacial score (nSPS) is 22.0. The SMILES string of the molecule is COCCS(=O)(=O)N1CCCCC1CNCC(C)C. The van der Waals surface area contributed by atoms with Gasteiger partial charge in [-0.25, -0.2) is 8.42 Å². The highest BCUT2D eigenvalue weighted by Crippen LogP contribution is 2.20. The molecule has 1 heterocycles. The fourth-order valence-electron chi connectivity index (χ4n) is 2.39. The quantitative estimate of drug-likeness (QED) is 0.727. The van der Waals surface area contributed by atoms with Crippen LogP contribution >= 0.6 is 0 Å². The highest BCUT2D eigenvalue weighted by molar-refractivity contribution is 7.89. The minimum Gasteiger partial charge on any atom is -0.384 e. The molecule has 0 saturated carbocycles. The Morgan fingerprint density at radius 1 is 1.37 bits per heavy atom. The van der Waals surface area contributed by atoms with Crippen LogP contribution in [-0.4, -0.2) is 57.9 Å². The van der Waals surface area contributed by atoms with Gasteiger partial charge in [-0.05, 0) is 25.3 Å². The van der Waals surface area contributed by atoms with E-state index in [0.717, 1.165) is 32.4 Å². The lowest BCUT2D eigenvalue weighted by atomic mass is 10.0. The van der Waals surface area contributed by atoms with E-state index in [0.29, 0.717) is 12.5 Å². The molecular weight excluding hydrogens is 264 g/mol. The Morgan fingerprint density at radius 2 is 2.11 bits per heavy atom. The molecule has 1 unspecified atom stereocenters. The Balaban J connectivity index is 2.56. The summed E-state index contributed by atoms with van der Waals surface area (Å²) in [6.07, 6.45) is 3.04. The van der Waals surface area contributed by atoms with Crippen molar-refractivity contribution >= 4 is 10.0 Å². The Labute approximate surface area is 117 Å². The lowest BCUT2D eigenvalue weighted by Gasteiger charge is -2.35. The van der Waals surface area contributed by atoms with Crippen molar-refractivity contribution in [3.63, 3.8) is 0 Å². The van der Waals surface area contributed by atoms with Gasteiger partial charge >= 0.3 is 0 Å². The number of hydrogen-bond acceptors (Lipinski definition) is 4. The van der Waals surface area contributed by atoms with Crippen LogP contribution in [0.4, 0.5) is 0 Å². The van der Waals surface area contributed by atoms with Gasteiger partial charge in [-0.1, -0.05) is 20.3 Å². The fraction of sp³-hybridized carbons (Fsp3) is 1.00. The number of hydrogen-bond donors (Lipinski definition) is 1. The molecule has 6 heteroatoms. The van der Waals surface area contributed by atoms with E-state index in [-0.39, 0.29) is 18.4 Å². The molecule has 1 rings (SSSR count). The largest absolute Gasteiger partial charge is 0.384 e. The van der Waals surface area contributed by atoms with Crippen molar-refractivity contribution in [3.05, 3.63) is 0 Å². The van der Waals surface area contributed by atoms with Crippen LogP contribution in [0.3, 0.4) is 0 Å². The van der Waals surface area contributed by atoms with Crippen LogP contribution in [0.2, 0.25) is 0 Å². The smallest absolute Gasteiger partial charge is 0.216 e. The van der Waals surface area contributed by atoms with E-state index in [4.69, 9.17) is 4.74 Å². The maximum absolute atomic E-state index is 12.3. The molecule has 1 fully saturated rings. The molecule has 0 amide bonds. The van der Waals surface area contributed by atoms with Crippen molar-refractivity contribution in [3.8, 4) is 0 Å². The first-order chi connectivity index (χ1) is 8.97. The van der Waals surface area contributed by atoms with E-state index in [1.54, 1.807) is 4.31 Å². The standard InChI is InChI=1S/C13H28N2O3S/c1-12(2)10-14-11-13-6-4-5-7-15(13)19(16,17)9-8-18-3/h12-14H,4-11H2,1-3H3. The minimum atomic E-state index is -3.18. The van der Waals surface area contributed by atoms with Crippen molar-refractivity contribution in [1.29, 1.82) is 0 Å². The number of sulfonamides is 1. The van der Waals surface area contributed by atoms with Crippen LogP contribution in [0.25, 0.3) is 0 Å². The van der Waals surface area contributed by atoms with Crippen LogP contribution in [0.15, 0.2) is 0 Å². The van der Waals surface area contributed by atoms with Crippen LogP contribution in [0, 0.1) is 5.92 Å². The molecule has 0 aliphatic carbocycles. The van der Waals surface area contributed by atoms with E-state index in [2.05, 4.69) is 19.2 Å². The van der Waals surface area contributed by atoms with Gasteiger partial charge in [0.25, 0.3) is 0 Å². The molecular formula is C13H28N2O3S. The van der Waals surface area contributed by atoms with Gasteiger partial charge in [0.2, 0.25) is 10.0 Å². The van der Waals surface area contributed by atoms with Gasteiger partial charge in [-0.3, -0.25) is 0 Å². The van der Waals surface area contributed by atoms with Crippen molar-refractivity contribution < 1.29 is 13.2 Å². The third kappa shape index (κ3) is 5.77. The van der Waals surface area contributed by atoms with Crippen molar-refractivity contribution in [2.24, 2.45) is 5.92 Å². The molecule has 1 aliphatic heterocycles. The number of ether oxygens (including phenoxy) is 1. The number of nitrogens with one attached hydrogen (secondary N) is 1. The second kappa shape index (κ2) is 8.19. The zero-order chi connectivity index (χ0) is 14.3. The van der Waals surface area contributed by atoms with Gasteiger partial charge in [0.1, 0.15) is 0 Å². The number of piperidine rings is 1. The van der Waals surface area contributed by atoms with Gasteiger partial charge in [-0.2, -0.15) is 4.31 Å². The molecule has 0 aromatic carbocycles. The van der Waals surface area contributed by atoms with E-state index >= 15 is 0 Å². The summed E-state index contributed by atoms with van der Waals surface area (Å²) in [4.78, 5) is 0. The summed E-state index contributed by atoms with van der Waals surface area (Å²) in [6.45, 7) is 6.92. The maximum atomic E-state index is 12.3. The topological polar surface area (TPSA) is 58.6 Å². The predicted molar refractivity (Wildman–Crippen MR) is 77.7 cm³/mol. The average Bonchev–Trinajstić information content (AvgIpc) is 2.36.